The van der Waals surface area contributed by atoms with Gasteiger partial charge in [0, 0.05) is 34.5 Å². The zero-order valence-electron chi connectivity index (χ0n) is 13.7. The van der Waals surface area contributed by atoms with E-state index >= 15 is 0 Å². The minimum atomic E-state index is -0.665. The maximum Gasteiger partial charge on any atom is 0.344 e. The molecule has 0 bridgehead atoms. The molecule has 0 saturated carbocycles. The largest absolute Gasteiger partial charge is 0.423 e. The fraction of sp³-hybridized carbons (Fsp3) is 0.0500. The van der Waals surface area contributed by atoms with Crippen molar-refractivity contribution < 1.29 is 13.9 Å². The molecule has 2 aromatic heterocycles. The lowest BCUT2D eigenvalue weighted by molar-refractivity contribution is 0.0737. The van der Waals surface area contributed by atoms with Crippen molar-refractivity contribution in [3.63, 3.8) is 0 Å². The molecule has 0 fully saturated rings. The van der Waals surface area contributed by atoms with Crippen LogP contribution in [-0.4, -0.2) is 11.0 Å². The molecule has 0 spiro atoms. The van der Waals surface area contributed by atoms with Gasteiger partial charge in [0.25, 0.3) is 0 Å². The Balaban J connectivity index is 1.76. The normalized spacial score (nSPS) is 11.0. The van der Waals surface area contributed by atoms with Crippen LogP contribution in [-0.2, 0) is 0 Å². The molecule has 2 aromatic carbocycles. The van der Waals surface area contributed by atoms with Gasteiger partial charge in [0.1, 0.15) is 11.3 Å². The first-order valence-electron chi connectivity index (χ1n) is 7.90. The Morgan fingerprint density at radius 1 is 1.00 bits per heavy atom. The number of para-hydroxylation sites is 1. The van der Waals surface area contributed by atoms with Gasteiger partial charge >= 0.3 is 11.6 Å². The molecule has 1 N–H and O–H groups in total. The minimum Gasteiger partial charge on any atom is -0.423 e. The van der Waals surface area contributed by atoms with Gasteiger partial charge in [-0.25, -0.2) is 9.59 Å². The Morgan fingerprint density at radius 3 is 2.65 bits per heavy atom. The van der Waals surface area contributed by atoms with Crippen LogP contribution in [0.25, 0.3) is 21.9 Å². The molecule has 0 amide bonds. The van der Waals surface area contributed by atoms with Crippen molar-refractivity contribution in [2.45, 2.75) is 6.92 Å². The van der Waals surface area contributed by atoms with E-state index in [2.05, 4.69) is 4.98 Å². The third kappa shape index (κ3) is 2.77. The molecular formula is C20H13NO5. The van der Waals surface area contributed by atoms with Crippen molar-refractivity contribution in [3.05, 3.63) is 86.5 Å². The molecule has 128 valence electrons. The Kier molecular flexibility index (Phi) is 3.65. The first-order chi connectivity index (χ1) is 12.5. The first-order valence-corrected chi connectivity index (χ1v) is 7.90. The second-order valence-corrected chi connectivity index (χ2v) is 5.89. The molecule has 0 aliphatic rings. The number of hydrogen-bond donors (Lipinski definition) is 1. The zero-order valence-corrected chi connectivity index (χ0v) is 13.7. The van der Waals surface area contributed by atoms with Crippen molar-refractivity contribution >= 4 is 27.8 Å². The summed E-state index contributed by atoms with van der Waals surface area (Å²) in [5.41, 5.74) is 0.947. The zero-order chi connectivity index (χ0) is 18.3. The second-order valence-electron chi connectivity index (χ2n) is 5.89. The summed E-state index contributed by atoms with van der Waals surface area (Å²) in [6, 6.07) is 14.4. The SMILES string of the molecule is Cc1cc(=O)oc2cc(OC(=O)c3cc(=O)[nH]c4ccccc34)ccc12. The number of aromatic nitrogens is 1. The van der Waals surface area contributed by atoms with E-state index < -0.39 is 17.2 Å². The number of esters is 1. The number of nitrogens with one attached hydrogen (secondary N) is 1. The number of carbonyl (C=O) groups excluding carboxylic acids is 1. The molecule has 4 aromatic rings. The molecule has 2 heterocycles. The fourth-order valence-corrected chi connectivity index (χ4v) is 2.90. The number of hydrogen-bond acceptors (Lipinski definition) is 5. The second kappa shape index (κ2) is 6.00. The van der Waals surface area contributed by atoms with Crippen molar-refractivity contribution in [2.24, 2.45) is 0 Å². The summed E-state index contributed by atoms with van der Waals surface area (Å²) in [5.74, 6) is -0.442. The lowest BCUT2D eigenvalue weighted by Gasteiger charge is -2.08. The van der Waals surface area contributed by atoms with Gasteiger partial charge in [-0.3, -0.25) is 4.79 Å². The lowest BCUT2D eigenvalue weighted by atomic mass is 10.1. The number of H-pyrrole nitrogens is 1. The average Bonchev–Trinajstić information content (AvgIpc) is 2.60. The van der Waals surface area contributed by atoms with E-state index in [9.17, 15) is 14.4 Å². The summed E-state index contributed by atoms with van der Waals surface area (Å²) < 4.78 is 10.6. The number of benzene rings is 2. The summed E-state index contributed by atoms with van der Waals surface area (Å²) in [5, 5.41) is 1.34. The highest BCUT2D eigenvalue weighted by Crippen LogP contribution is 2.24. The molecule has 0 saturated heterocycles. The lowest BCUT2D eigenvalue weighted by Crippen LogP contribution is -2.14. The highest BCUT2D eigenvalue weighted by molar-refractivity contribution is 6.04. The molecule has 6 heteroatoms. The number of aromatic amines is 1. The topological polar surface area (TPSA) is 89.4 Å². The molecule has 0 aliphatic carbocycles. The number of fused-ring (bicyclic) bond motifs is 2. The Morgan fingerprint density at radius 2 is 1.81 bits per heavy atom. The number of carbonyl (C=O) groups is 1. The number of ether oxygens (including phenoxy) is 1. The fourth-order valence-electron chi connectivity index (χ4n) is 2.90. The van der Waals surface area contributed by atoms with E-state index in [4.69, 9.17) is 9.15 Å². The first kappa shape index (κ1) is 15.8. The van der Waals surface area contributed by atoms with E-state index in [0.29, 0.717) is 16.5 Å². The third-order valence-corrected chi connectivity index (χ3v) is 4.10. The number of rotatable bonds is 2. The predicted molar refractivity (Wildman–Crippen MR) is 96.7 cm³/mol. The van der Waals surface area contributed by atoms with Gasteiger partial charge < -0.3 is 14.1 Å². The highest BCUT2D eigenvalue weighted by atomic mass is 16.5. The Labute approximate surface area is 146 Å². The van der Waals surface area contributed by atoms with Gasteiger partial charge in [-0.2, -0.15) is 0 Å². The summed E-state index contributed by atoms with van der Waals surface area (Å²) >= 11 is 0. The standard InChI is InChI=1S/C20H13NO5/c1-11-8-19(23)26-17-9-12(6-7-13(11)17)25-20(24)15-10-18(22)21-16-5-3-2-4-14(15)16/h2-10H,1H3,(H,21,22). The number of aryl methyl sites for hydroxylation is 1. The molecule has 0 atom stereocenters. The molecule has 26 heavy (non-hydrogen) atoms. The summed E-state index contributed by atoms with van der Waals surface area (Å²) in [6.07, 6.45) is 0. The monoisotopic (exact) mass is 347 g/mol. The van der Waals surface area contributed by atoms with E-state index in [1.807, 2.05) is 0 Å². The van der Waals surface area contributed by atoms with Gasteiger partial charge in [0.2, 0.25) is 5.56 Å². The van der Waals surface area contributed by atoms with Crippen LogP contribution in [0.3, 0.4) is 0 Å². The number of pyridine rings is 1. The quantitative estimate of drug-likeness (QED) is 0.342. The summed E-state index contributed by atoms with van der Waals surface area (Å²) in [7, 11) is 0. The van der Waals surface area contributed by atoms with Crippen LogP contribution in [0.2, 0.25) is 0 Å². The minimum absolute atomic E-state index is 0.162. The van der Waals surface area contributed by atoms with E-state index in [0.717, 1.165) is 10.9 Å². The third-order valence-electron chi connectivity index (χ3n) is 4.10. The summed E-state index contributed by atoms with van der Waals surface area (Å²) in [6.45, 7) is 1.80. The van der Waals surface area contributed by atoms with Crippen LogP contribution in [0.4, 0.5) is 0 Å². The van der Waals surface area contributed by atoms with E-state index in [1.54, 1.807) is 43.3 Å². The molecule has 0 radical (unpaired) electrons. The van der Waals surface area contributed by atoms with Crippen molar-refractivity contribution in [1.29, 1.82) is 0 Å². The summed E-state index contributed by atoms with van der Waals surface area (Å²) in [4.78, 5) is 38.6. The van der Waals surface area contributed by atoms with Gasteiger partial charge in [-0.15, -0.1) is 0 Å². The molecule has 0 unspecified atom stereocenters. The Bertz CT molecular complexity index is 1280. The van der Waals surface area contributed by atoms with Gasteiger partial charge in [-0.05, 0) is 30.7 Å². The van der Waals surface area contributed by atoms with Crippen molar-refractivity contribution in [3.8, 4) is 5.75 Å². The Hall–Kier alpha value is -3.67. The maximum atomic E-state index is 12.6. The van der Waals surface area contributed by atoms with Crippen molar-refractivity contribution in [1.82, 2.24) is 4.98 Å². The highest BCUT2D eigenvalue weighted by Gasteiger charge is 2.15. The molecule has 4 rings (SSSR count). The average molecular weight is 347 g/mol. The molecular weight excluding hydrogens is 334 g/mol. The molecule has 0 aliphatic heterocycles. The van der Waals surface area contributed by atoms with Crippen LogP contribution in [0.1, 0.15) is 15.9 Å². The molecule has 6 nitrogen and oxygen atoms in total. The van der Waals surface area contributed by atoms with E-state index in [-0.39, 0.29) is 11.3 Å². The van der Waals surface area contributed by atoms with Crippen LogP contribution >= 0.6 is 0 Å². The van der Waals surface area contributed by atoms with Crippen LogP contribution < -0.4 is 15.9 Å². The van der Waals surface area contributed by atoms with Crippen LogP contribution in [0.15, 0.2) is 68.6 Å². The van der Waals surface area contributed by atoms with Crippen LogP contribution in [0, 0.1) is 6.92 Å². The predicted octanol–water partition coefficient (Wildman–Crippen LogP) is 3.16. The van der Waals surface area contributed by atoms with Gasteiger partial charge in [0.05, 0.1) is 5.56 Å². The smallest absolute Gasteiger partial charge is 0.344 e. The van der Waals surface area contributed by atoms with Gasteiger partial charge in [0.15, 0.2) is 0 Å². The maximum absolute atomic E-state index is 12.6. The van der Waals surface area contributed by atoms with Crippen LogP contribution in [0.5, 0.6) is 5.75 Å². The van der Waals surface area contributed by atoms with Gasteiger partial charge in [-0.1, -0.05) is 18.2 Å². The van der Waals surface area contributed by atoms with E-state index in [1.165, 1.54) is 18.2 Å². The van der Waals surface area contributed by atoms with Crippen molar-refractivity contribution in [2.75, 3.05) is 0 Å².